The Kier molecular flexibility index (Phi) is 2.41. The Morgan fingerprint density at radius 1 is 1.50 bits per heavy atom. The average molecular weight is 262 g/mol. The molecule has 0 saturated heterocycles. The predicted octanol–water partition coefficient (Wildman–Crippen LogP) is 2.48. The molecule has 0 unspecified atom stereocenters. The Morgan fingerprint density at radius 2 is 2.20 bits per heavy atom. The predicted molar refractivity (Wildman–Crippen MR) is 44.4 cm³/mol. The lowest BCUT2D eigenvalue weighted by Gasteiger charge is -1.92. The van der Waals surface area contributed by atoms with Crippen molar-refractivity contribution in [2.45, 2.75) is 0 Å². The van der Waals surface area contributed by atoms with Crippen molar-refractivity contribution < 1.29 is 0 Å². The number of rotatable bonds is 0. The van der Waals surface area contributed by atoms with Crippen molar-refractivity contribution in [1.82, 2.24) is 4.98 Å². The first-order valence-electron chi connectivity index (χ1n) is 2.45. The number of hydrogen-bond acceptors (Lipinski definition) is 2. The summed E-state index contributed by atoms with van der Waals surface area (Å²) in [5.74, 6) is 0. The summed E-state index contributed by atoms with van der Waals surface area (Å²) >= 11 is 6.34. The number of hydrogen-bond donors (Lipinski definition) is 0. The molecular weight excluding hydrogens is 260 g/mol. The molecule has 0 fully saturated rings. The Balaban J connectivity index is 3.25. The maximum atomic E-state index is 8.51. The van der Waals surface area contributed by atoms with Crippen LogP contribution in [0.4, 0.5) is 0 Å². The first-order chi connectivity index (χ1) is 4.74. The van der Waals surface area contributed by atoms with Gasteiger partial charge in [-0.05, 0) is 37.9 Å². The van der Waals surface area contributed by atoms with Crippen molar-refractivity contribution in [2.75, 3.05) is 0 Å². The lowest BCUT2D eigenvalue weighted by molar-refractivity contribution is 1.24. The highest BCUT2D eigenvalue weighted by atomic mass is 79.9. The molecule has 2 nitrogen and oxygen atoms in total. The fourth-order valence-corrected chi connectivity index (χ4v) is 1.14. The number of nitriles is 1. The van der Waals surface area contributed by atoms with Gasteiger partial charge in [0.1, 0.15) is 10.7 Å². The summed E-state index contributed by atoms with van der Waals surface area (Å²) in [4.78, 5) is 3.91. The van der Waals surface area contributed by atoms with Crippen LogP contribution in [-0.4, -0.2) is 4.98 Å². The molecule has 0 atom stereocenters. The molecule has 0 N–H and O–H groups in total. The molecule has 0 aliphatic rings. The first-order valence-corrected chi connectivity index (χ1v) is 4.04. The topological polar surface area (TPSA) is 36.7 Å². The molecule has 1 aromatic heterocycles. The van der Waals surface area contributed by atoms with Crippen molar-refractivity contribution in [1.29, 1.82) is 5.26 Å². The van der Waals surface area contributed by atoms with Crippen LogP contribution in [-0.2, 0) is 0 Å². The van der Waals surface area contributed by atoms with E-state index >= 15 is 0 Å². The molecule has 50 valence electrons. The Hall–Kier alpha value is -0.400. The summed E-state index contributed by atoms with van der Waals surface area (Å²) in [6, 6.07) is 3.68. The summed E-state index contributed by atoms with van der Waals surface area (Å²) in [5.41, 5.74) is 0.585. The van der Waals surface area contributed by atoms with Gasteiger partial charge < -0.3 is 0 Å². The molecule has 0 aromatic carbocycles. The van der Waals surface area contributed by atoms with E-state index < -0.39 is 0 Å². The van der Waals surface area contributed by atoms with Gasteiger partial charge in [-0.2, -0.15) is 5.26 Å². The number of halogens is 2. The van der Waals surface area contributed by atoms with E-state index in [1.807, 2.05) is 6.07 Å². The third-order valence-electron chi connectivity index (χ3n) is 0.942. The SMILES string of the molecule is N#Cc1cc(Br)ncc1Br. The van der Waals surface area contributed by atoms with Gasteiger partial charge in [-0.25, -0.2) is 4.98 Å². The van der Waals surface area contributed by atoms with Gasteiger partial charge in [0.25, 0.3) is 0 Å². The van der Waals surface area contributed by atoms with Gasteiger partial charge in [0.05, 0.1) is 10.0 Å². The zero-order chi connectivity index (χ0) is 7.56. The van der Waals surface area contributed by atoms with E-state index in [9.17, 15) is 0 Å². The van der Waals surface area contributed by atoms with Crippen molar-refractivity contribution in [3.8, 4) is 6.07 Å². The van der Waals surface area contributed by atoms with Gasteiger partial charge in [-0.15, -0.1) is 0 Å². The largest absolute Gasteiger partial charge is 0.248 e. The fourth-order valence-electron chi connectivity index (χ4n) is 0.499. The summed E-state index contributed by atoms with van der Waals surface area (Å²) in [6.07, 6.45) is 1.59. The third kappa shape index (κ3) is 1.55. The first kappa shape index (κ1) is 7.70. The smallest absolute Gasteiger partial charge is 0.107 e. The Bertz CT molecular complexity index is 290. The lowest BCUT2D eigenvalue weighted by atomic mass is 10.3. The van der Waals surface area contributed by atoms with Gasteiger partial charge in [0.15, 0.2) is 0 Å². The van der Waals surface area contributed by atoms with Crippen LogP contribution in [0.2, 0.25) is 0 Å². The fraction of sp³-hybridized carbons (Fsp3) is 0. The zero-order valence-corrected chi connectivity index (χ0v) is 7.98. The van der Waals surface area contributed by atoms with Crippen LogP contribution in [0.5, 0.6) is 0 Å². The summed E-state index contributed by atoms with van der Waals surface area (Å²) < 4.78 is 1.39. The van der Waals surface area contributed by atoms with Crippen molar-refractivity contribution in [2.24, 2.45) is 0 Å². The molecule has 0 saturated carbocycles. The molecule has 0 radical (unpaired) electrons. The minimum Gasteiger partial charge on any atom is -0.248 e. The van der Waals surface area contributed by atoms with Gasteiger partial charge in [0, 0.05) is 6.20 Å². The van der Waals surface area contributed by atoms with Crippen LogP contribution in [0.1, 0.15) is 5.56 Å². The second-order valence-electron chi connectivity index (χ2n) is 1.60. The summed E-state index contributed by atoms with van der Waals surface area (Å²) in [6.45, 7) is 0. The molecule has 10 heavy (non-hydrogen) atoms. The van der Waals surface area contributed by atoms with Crippen molar-refractivity contribution in [3.63, 3.8) is 0 Å². The highest BCUT2D eigenvalue weighted by Crippen LogP contribution is 2.17. The molecule has 1 heterocycles. The van der Waals surface area contributed by atoms with Crippen LogP contribution in [0.3, 0.4) is 0 Å². The van der Waals surface area contributed by atoms with Crippen LogP contribution >= 0.6 is 31.9 Å². The number of nitrogens with zero attached hydrogens (tertiary/aromatic N) is 2. The van der Waals surface area contributed by atoms with E-state index in [1.54, 1.807) is 12.3 Å². The van der Waals surface area contributed by atoms with Gasteiger partial charge in [-0.3, -0.25) is 0 Å². The van der Waals surface area contributed by atoms with Gasteiger partial charge in [-0.1, -0.05) is 0 Å². The van der Waals surface area contributed by atoms with E-state index in [4.69, 9.17) is 5.26 Å². The van der Waals surface area contributed by atoms with E-state index in [0.717, 1.165) is 4.47 Å². The normalized spacial score (nSPS) is 8.90. The second-order valence-corrected chi connectivity index (χ2v) is 3.27. The van der Waals surface area contributed by atoms with E-state index in [0.29, 0.717) is 10.2 Å². The van der Waals surface area contributed by atoms with Gasteiger partial charge in [0.2, 0.25) is 0 Å². The Labute approximate surface area is 75.1 Å². The molecule has 1 rings (SSSR count). The van der Waals surface area contributed by atoms with Crippen LogP contribution in [0.25, 0.3) is 0 Å². The van der Waals surface area contributed by atoms with E-state index in [-0.39, 0.29) is 0 Å². The quantitative estimate of drug-likeness (QED) is 0.673. The monoisotopic (exact) mass is 260 g/mol. The number of pyridine rings is 1. The number of aromatic nitrogens is 1. The average Bonchev–Trinajstić information content (AvgIpc) is 1.94. The maximum Gasteiger partial charge on any atom is 0.107 e. The van der Waals surface area contributed by atoms with Gasteiger partial charge >= 0.3 is 0 Å². The van der Waals surface area contributed by atoms with Crippen molar-refractivity contribution >= 4 is 31.9 Å². The lowest BCUT2D eigenvalue weighted by Crippen LogP contribution is -1.80. The maximum absolute atomic E-state index is 8.51. The standard InChI is InChI=1S/C6H2Br2N2/c7-5-3-10-6(8)1-4(5)2-9/h1,3H. The van der Waals surface area contributed by atoms with E-state index in [2.05, 4.69) is 36.8 Å². The van der Waals surface area contributed by atoms with E-state index in [1.165, 1.54) is 0 Å². The van der Waals surface area contributed by atoms with Crippen LogP contribution < -0.4 is 0 Å². The van der Waals surface area contributed by atoms with Crippen LogP contribution in [0.15, 0.2) is 21.3 Å². The van der Waals surface area contributed by atoms with Crippen LogP contribution in [0, 0.1) is 11.3 Å². The molecule has 0 bridgehead atoms. The summed E-state index contributed by atoms with van der Waals surface area (Å²) in [5, 5.41) is 8.51. The molecule has 0 aliphatic carbocycles. The molecule has 0 aliphatic heterocycles. The highest BCUT2D eigenvalue weighted by Gasteiger charge is 1.98. The molecule has 0 spiro atoms. The minimum absolute atomic E-state index is 0.585. The minimum atomic E-state index is 0.585. The molecule has 1 aromatic rings. The molecule has 0 amide bonds. The highest BCUT2D eigenvalue weighted by molar-refractivity contribution is 9.11. The molecule has 4 heteroatoms. The summed E-state index contributed by atoms with van der Waals surface area (Å²) in [7, 11) is 0. The Morgan fingerprint density at radius 3 is 2.70 bits per heavy atom. The van der Waals surface area contributed by atoms with Crippen molar-refractivity contribution in [3.05, 3.63) is 26.9 Å². The molecular formula is C6H2Br2N2. The second kappa shape index (κ2) is 3.13. The zero-order valence-electron chi connectivity index (χ0n) is 4.81. The third-order valence-corrected chi connectivity index (χ3v) is 2.01.